The van der Waals surface area contributed by atoms with Crippen molar-refractivity contribution in [2.24, 2.45) is 11.8 Å². The van der Waals surface area contributed by atoms with Crippen molar-refractivity contribution >= 4 is 12.0 Å². The SMILES string of the molecule is C=Cc1cc2c(cc1OCC1CC1)CC(C)(C(C)C)n1cc(C(=O)OCC)c(=O)cc1-2. The number of carbonyl (C=O) groups is 1. The number of benzene rings is 1. The molecule has 2 aliphatic rings. The number of fused-ring (bicyclic) bond motifs is 3. The number of nitrogens with zero attached hydrogens (tertiary/aromatic N) is 1. The molecule has 4 rings (SSSR count). The van der Waals surface area contributed by atoms with Gasteiger partial charge in [0.25, 0.3) is 0 Å². The fraction of sp³-hybridized carbons (Fsp3) is 0.462. The number of carbonyl (C=O) groups excluding carboxylic acids is 1. The largest absolute Gasteiger partial charge is 0.493 e. The van der Waals surface area contributed by atoms with Crippen LogP contribution in [0.4, 0.5) is 0 Å². The molecule has 1 aliphatic carbocycles. The molecule has 0 N–H and O–H groups in total. The molecule has 0 bridgehead atoms. The van der Waals surface area contributed by atoms with E-state index in [1.54, 1.807) is 25.3 Å². The molecular weight excluding hydrogens is 390 g/mol. The van der Waals surface area contributed by atoms with E-state index >= 15 is 0 Å². The number of aromatic nitrogens is 1. The molecule has 2 heterocycles. The van der Waals surface area contributed by atoms with E-state index < -0.39 is 5.97 Å². The van der Waals surface area contributed by atoms with Crippen molar-refractivity contribution < 1.29 is 14.3 Å². The van der Waals surface area contributed by atoms with Crippen LogP contribution in [0.5, 0.6) is 5.75 Å². The Labute approximate surface area is 183 Å². The predicted molar refractivity (Wildman–Crippen MR) is 123 cm³/mol. The lowest BCUT2D eigenvalue weighted by molar-refractivity contribution is 0.0522. The molecule has 1 aromatic heterocycles. The molecule has 0 saturated heterocycles. The Kier molecular flexibility index (Phi) is 5.54. The maximum absolute atomic E-state index is 12.8. The summed E-state index contributed by atoms with van der Waals surface area (Å²) in [6, 6.07) is 5.74. The van der Waals surface area contributed by atoms with Crippen LogP contribution in [0.25, 0.3) is 17.3 Å². The lowest BCUT2D eigenvalue weighted by atomic mass is 9.76. The third-order valence-electron chi connectivity index (χ3n) is 6.79. The fourth-order valence-corrected chi connectivity index (χ4v) is 4.28. The summed E-state index contributed by atoms with van der Waals surface area (Å²) in [5.41, 5.74) is 3.32. The molecular formula is C26H31NO4. The van der Waals surface area contributed by atoms with Crippen LogP contribution in [0.15, 0.2) is 35.8 Å². The smallest absolute Gasteiger partial charge is 0.343 e. The van der Waals surface area contributed by atoms with Gasteiger partial charge in [0.1, 0.15) is 11.3 Å². The zero-order valence-corrected chi connectivity index (χ0v) is 18.9. The van der Waals surface area contributed by atoms with Gasteiger partial charge in [-0.05, 0) is 62.6 Å². The molecule has 1 atom stereocenters. The lowest BCUT2D eigenvalue weighted by Gasteiger charge is -2.43. The van der Waals surface area contributed by atoms with Gasteiger partial charge in [-0.3, -0.25) is 4.79 Å². The van der Waals surface area contributed by atoms with Gasteiger partial charge in [-0.2, -0.15) is 0 Å². The average molecular weight is 422 g/mol. The van der Waals surface area contributed by atoms with Crippen LogP contribution in [0, 0.1) is 11.8 Å². The van der Waals surface area contributed by atoms with Gasteiger partial charge >= 0.3 is 5.97 Å². The van der Waals surface area contributed by atoms with E-state index in [-0.39, 0.29) is 29.1 Å². The van der Waals surface area contributed by atoms with Crippen molar-refractivity contribution in [1.29, 1.82) is 0 Å². The average Bonchev–Trinajstić information content (AvgIpc) is 3.56. The van der Waals surface area contributed by atoms with Crippen LogP contribution in [0.3, 0.4) is 0 Å². The van der Waals surface area contributed by atoms with Crippen molar-refractivity contribution in [3.05, 3.63) is 57.9 Å². The summed E-state index contributed by atoms with van der Waals surface area (Å²) in [5, 5.41) is 0. The molecule has 0 spiro atoms. The number of hydrogen-bond donors (Lipinski definition) is 0. The number of rotatable bonds is 7. The quantitative estimate of drug-likeness (QED) is 0.587. The molecule has 1 saturated carbocycles. The van der Waals surface area contributed by atoms with Gasteiger partial charge in [0.2, 0.25) is 0 Å². The highest BCUT2D eigenvalue weighted by Gasteiger charge is 2.38. The summed E-state index contributed by atoms with van der Waals surface area (Å²) in [7, 11) is 0. The van der Waals surface area contributed by atoms with Gasteiger partial charge in [0, 0.05) is 28.9 Å². The van der Waals surface area contributed by atoms with Gasteiger partial charge in [-0.25, -0.2) is 4.79 Å². The molecule has 0 radical (unpaired) electrons. The maximum atomic E-state index is 12.8. The van der Waals surface area contributed by atoms with Gasteiger partial charge in [-0.15, -0.1) is 0 Å². The number of pyridine rings is 1. The van der Waals surface area contributed by atoms with Gasteiger partial charge in [0.15, 0.2) is 5.43 Å². The van der Waals surface area contributed by atoms with Gasteiger partial charge in [-0.1, -0.05) is 26.5 Å². The second kappa shape index (κ2) is 8.03. The van der Waals surface area contributed by atoms with Crippen LogP contribution in [0.1, 0.15) is 62.0 Å². The van der Waals surface area contributed by atoms with Crippen LogP contribution in [-0.2, 0) is 16.7 Å². The van der Waals surface area contributed by atoms with Crippen molar-refractivity contribution in [3.8, 4) is 17.0 Å². The van der Waals surface area contributed by atoms with E-state index in [2.05, 4.69) is 44.0 Å². The highest BCUT2D eigenvalue weighted by Crippen LogP contribution is 2.44. The minimum absolute atomic E-state index is 0.0780. The Bertz CT molecular complexity index is 1090. The van der Waals surface area contributed by atoms with Crippen molar-refractivity contribution in [2.45, 2.75) is 52.5 Å². The van der Waals surface area contributed by atoms with Crippen molar-refractivity contribution in [1.82, 2.24) is 4.57 Å². The summed E-state index contributed by atoms with van der Waals surface area (Å²) < 4.78 is 13.3. The van der Waals surface area contributed by atoms with Crippen LogP contribution in [0.2, 0.25) is 0 Å². The minimum Gasteiger partial charge on any atom is -0.493 e. The Morgan fingerprint density at radius 1 is 1.32 bits per heavy atom. The van der Waals surface area contributed by atoms with Crippen molar-refractivity contribution in [3.63, 3.8) is 0 Å². The highest BCUT2D eigenvalue weighted by atomic mass is 16.5. The Hall–Kier alpha value is -2.82. The van der Waals surface area contributed by atoms with E-state index in [1.807, 2.05) is 0 Å². The topological polar surface area (TPSA) is 57.5 Å². The molecule has 164 valence electrons. The second-order valence-corrected chi connectivity index (χ2v) is 9.22. The Morgan fingerprint density at radius 3 is 2.68 bits per heavy atom. The molecule has 1 fully saturated rings. The molecule has 5 nitrogen and oxygen atoms in total. The van der Waals surface area contributed by atoms with Gasteiger partial charge in [0.05, 0.1) is 18.9 Å². The normalized spacial score (nSPS) is 19.5. The third-order valence-corrected chi connectivity index (χ3v) is 6.79. The van der Waals surface area contributed by atoms with Crippen LogP contribution in [-0.4, -0.2) is 23.8 Å². The zero-order valence-electron chi connectivity index (χ0n) is 18.9. The van der Waals surface area contributed by atoms with Crippen LogP contribution >= 0.6 is 0 Å². The van der Waals surface area contributed by atoms with Gasteiger partial charge < -0.3 is 14.0 Å². The second-order valence-electron chi connectivity index (χ2n) is 9.22. The lowest BCUT2D eigenvalue weighted by Crippen LogP contribution is -2.42. The summed E-state index contributed by atoms with van der Waals surface area (Å²) in [6.07, 6.45) is 6.73. The van der Waals surface area contributed by atoms with Crippen LogP contribution < -0.4 is 10.2 Å². The minimum atomic E-state index is -0.574. The maximum Gasteiger partial charge on any atom is 0.343 e. The van der Waals surface area contributed by atoms with E-state index in [0.29, 0.717) is 5.92 Å². The third kappa shape index (κ3) is 3.82. The Balaban J connectivity index is 1.88. The predicted octanol–water partition coefficient (Wildman–Crippen LogP) is 5.05. The molecule has 0 amide bonds. The first-order valence-corrected chi connectivity index (χ1v) is 11.1. The highest BCUT2D eigenvalue weighted by molar-refractivity contribution is 5.89. The molecule has 1 aliphatic heterocycles. The first-order chi connectivity index (χ1) is 14.8. The molecule has 31 heavy (non-hydrogen) atoms. The summed E-state index contributed by atoms with van der Waals surface area (Å²) in [6.45, 7) is 13.2. The Morgan fingerprint density at radius 2 is 2.06 bits per heavy atom. The number of esters is 1. The van der Waals surface area contributed by atoms with E-state index in [1.165, 1.54) is 12.8 Å². The monoisotopic (exact) mass is 421 g/mol. The fourth-order valence-electron chi connectivity index (χ4n) is 4.28. The zero-order chi connectivity index (χ0) is 22.3. The summed E-state index contributed by atoms with van der Waals surface area (Å²) in [5.74, 6) is 1.21. The number of ether oxygens (including phenoxy) is 2. The van der Waals surface area contributed by atoms with Crippen molar-refractivity contribution in [2.75, 3.05) is 13.2 Å². The number of hydrogen-bond acceptors (Lipinski definition) is 4. The van der Waals surface area contributed by atoms with E-state index in [9.17, 15) is 9.59 Å². The summed E-state index contributed by atoms with van der Waals surface area (Å²) >= 11 is 0. The first-order valence-electron chi connectivity index (χ1n) is 11.1. The molecule has 1 aromatic carbocycles. The molecule has 2 aromatic rings. The standard InChI is InChI=1S/C26H31NO4/c1-6-18-10-20-19(11-24(18)31-15-17-8-9-17)13-26(5,16(3)4)27-14-21(25(29)30-7-2)23(28)12-22(20)27/h6,10-12,14,16-17H,1,7-9,13,15H2,2-5H3. The van der Waals surface area contributed by atoms with E-state index in [4.69, 9.17) is 9.47 Å². The molecule has 5 heteroatoms. The summed E-state index contributed by atoms with van der Waals surface area (Å²) in [4.78, 5) is 25.2. The van der Waals surface area contributed by atoms with E-state index in [0.717, 1.165) is 41.2 Å². The molecule has 1 unspecified atom stereocenters. The first kappa shape index (κ1) is 21.4.